The van der Waals surface area contributed by atoms with Crippen molar-refractivity contribution < 1.29 is 14.3 Å². The average molecular weight is 473 g/mol. The van der Waals surface area contributed by atoms with E-state index in [0.717, 1.165) is 11.1 Å². The van der Waals surface area contributed by atoms with Crippen molar-refractivity contribution in [2.75, 3.05) is 6.61 Å². The maximum absolute atomic E-state index is 13.4. The number of ether oxygens (including phenoxy) is 1. The molecule has 0 aliphatic carbocycles. The van der Waals surface area contributed by atoms with E-state index >= 15 is 0 Å². The molecule has 0 radical (unpaired) electrons. The Kier molecular flexibility index (Phi) is 8.96. The molecule has 6 heteroatoms. The molecule has 0 spiro atoms. The molecule has 0 heterocycles. The van der Waals surface area contributed by atoms with Gasteiger partial charge in [0.1, 0.15) is 11.8 Å². The predicted molar refractivity (Wildman–Crippen MR) is 135 cm³/mol. The van der Waals surface area contributed by atoms with E-state index in [1.54, 1.807) is 11.0 Å². The molecule has 0 saturated carbocycles. The highest BCUT2D eigenvalue weighted by Crippen LogP contribution is 2.31. The van der Waals surface area contributed by atoms with E-state index in [1.807, 2.05) is 70.2 Å². The first-order valence-electron chi connectivity index (χ1n) is 11.4. The lowest BCUT2D eigenvalue weighted by Gasteiger charge is -2.33. The quantitative estimate of drug-likeness (QED) is 0.533. The largest absolute Gasteiger partial charge is 0.483 e. The Bertz CT molecular complexity index is 960. The molecule has 2 rings (SSSR count). The van der Waals surface area contributed by atoms with Gasteiger partial charge in [-0.1, -0.05) is 75.7 Å². The SMILES string of the molecule is CC[C@@H](C(=O)NC(C)(C)C)N(Cc1ccccc1Cl)C(=O)COc1ccccc1C(C)(C)C. The first kappa shape index (κ1) is 26.7. The van der Waals surface area contributed by atoms with Crippen LogP contribution in [0.5, 0.6) is 5.75 Å². The molecule has 5 nitrogen and oxygen atoms in total. The number of carbonyl (C=O) groups excluding carboxylic acids is 2. The maximum Gasteiger partial charge on any atom is 0.261 e. The molecule has 1 N–H and O–H groups in total. The van der Waals surface area contributed by atoms with Crippen LogP contribution in [-0.2, 0) is 21.5 Å². The van der Waals surface area contributed by atoms with Crippen molar-refractivity contribution in [3.05, 3.63) is 64.7 Å². The minimum absolute atomic E-state index is 0.130. The number of rotatable bonds is 8. The van der Waals surface area contributed by atoms with E-state index in [-0.39, 0.29) is 30.4 Å². The lowest BCUT2D eigenvalue weighted by atomic mass is 9.86. The fraction of sp³-hybridized carbons (Fsp3) is 0.481. The lowest BCUT2D eigenvalue weighted by Crippen LogP contribution is -2.54. The first-order chi connectivity index (χ1) is 15.3. The monoisotopic (exact) mass is 472 g/mol. The summed E-state index contributed by atoms with van der Waals surface area (Å²) in [6, 6.07) is 14.4. The van der Waals surface area contributed by atoms with Crippen molar-refractivity contribution in [3.8, 4) is 5.75 Å². The van der Waals surface area contributed by atoms with Gasteiger partial charge in [0.15, 0.2) is 6.61 Å². The maximum atomic E-state index is 13.4. The lowest BCUT2D eigenvalue weighted by molar-refractivity contribution is -0.143. The summed E-state index contributed by atoms with van der Waals surface area (Å²) in [5.41, 5.74) is 1.26. The Morgan fingerprint density at radius 2 is 1.61 bits per heavy atom. The molecule has 0 aliphatic rings. The van der Waals surface area contributed by atoms with Gasteiger partial charge in [-0.25, -0.2) is 0 Å². The van der Waals surface area contributed by atoms with Crippen LogP contribution < -0.4 is 10.1 Å². The average Bonchev–Trinajstić information content (AvgIpc) is 2.71. The molecule has 1 atom stereocenters. The second kappa shape index (κ2) is 11.1. The number of hydrogen-bond donors (Lipinski definition) is 1. The van der Waals surface area contributed by atoms with Crippen LogP contribution in [-0.4, -0.2) is 34.9 Å². The van der Waals surface area contributed by atoms with Crippen LogP contribution in [0.3, 0.4) is 0 Å². The molecule has 2 aromatic carbocycles. The summed E-state index contributed by atoms with van der Waals surface area (Å²) in [6.07, 6.45) is 0.469. The van der Waals surface area contributed by atoms with Crippen molar-refractivity contribution in [2.45, 2.75) is 78.4 Å². The van der Waals surface area contributed by atoms with Crippen LogP contribution in [0.4, 0.5) is 0 Å². The van der Waals surface area contributed by atoms with Crippen molar-refractivity contribution in [1.29, 1.82) is 0 Å². The van der Waals surface area contributed by atoms with Gasteiger partial charge in [-0.3, -0.25) is 9.59 Å². The second-order valence-corrected chi connectivity index (χ2v) is 10.7. The van der Waals surface area contributed by atoms with Gasteiger partial charge in [-0.15, -0.1) is 0 Å². The topological polar surface area (TPSA) is 58.6 Å². The fourth-order valence-corrected chi connectivity index (χ4v) is 3.81. The summed E-state index contributed by atoms with van der Waals surface area (Å²) in [5, 5.41) is 3.56. The molecule has 33 heavy (non-hydrogen) atoms. The van der Waals surface area contributed by atoms with Crippen LogP contribution in [0, 0.1) is 0 Å². The van der Waals surface area contributed by atoms with Gasteiger partial charge < -0.3 is 15.0 Å². The number of carbonyl (C=O) groups is 2. The molecule has 0 aromatic heterocycles. The van der Waals surface area contributed by atoms with Gasteiger partial charge in [-0.05, 0) is 55.9 Å². The summed E-state index contributed by atoms with van der Waals surface area (Å²) in [4.78, 5) is 28.1. The minimum atomic E-state index is -0.644. The number of nitrogens with one attached hydrogen (secondary N) is 1. The zero-order chi connectivity index (χ0) is 24.8. The number of nitrogens with zero attached hydrogens (tertiary/aromatic N) is 1. The van der Waals surface area contributed by atoms with Gasteiger partial charge in [0.05, 0.1) is 0 Å². The summed E-state index contributed by atoms with van der Waals surface area (Å²) >= 11 is 6.38. The van der Waals surface area contributed by atoms with Crippen LogP contribution in [0.15, 0.2) is 48.5 Å². The van der Waals surface area contributed by atoms with Gasteiger partial charge in [0.25, 0.3) is 5.91 Å². The van der Waals surface area contributed by atoms with Crippen molar-refractivity contribution in [3.63, 3.8) is 0 Å². The minimum Gasteiger partial charge on any atom is -0.483 e. The third kappa shape index (κ3) is 7.78. The smallest absolute Gasteiger partial charge is 0.261 e. The number of hydrogen-bond acceptors (Lipinski definition) is 3. The van der Waals surface area contributed by atoms with Crippen LogP contribution in [0.25, 0.3) is 0 Å². The zero-order valence-corrected chi connectivity index (χ0v) is 21.6. The highest BCUT2D eigenvalue weighted by Gasteiger charge is 2.31. The number of para-hydroxylation sites is 1. The van der Waals surface area contributed by atoms with E-state index in [2.05, 4.69) is 26.1 Å². The number of halogens is 1. The molecular weight excluding hydrogens is 436 g/mol. The molecule has 0 aliphatic heterocycles. The summed E-state index contributed by atoms with van der Waals surface area (Å²) in [5.74, 6) is 0.207. The summed E-state index contributed by atoms with van der Waals surface area (Å²) in [6.45, 7) is 14.0. The molecule has 0 unspecified atom stereocenters. The summed E-state index contributed by atoms with van der Waals surface area (Å²) in [7, 11) is 0. The highest BCUT2D eigenvalue weighted by molar-refractivity contribution is 6.31. The Labute approximate surface area is 203 Å². The van der Waals surface area contributed by atoms with E-state index in [4.69, 9.17) is 16.3 Å². The van der Waals surface area contributed by atoms with E-state index < -0.39 is 11.6 Å². The predicted octanol–water partition coefficient (Wildman–Crippen LogP) is 5.74. The van der Waals surface area contributed by atoms with Crippen LogP contribution in [0.2, 0.25) is 5.02 Å². The standard InChI is InChI=1S/C27H37ClN2O3/c1-8-22(25(32)29-27(5,6)7)30(17-19-13-9-11-15-21(19)28)24(31)18-33-23-16-12-10-14-20(23)26(2,3)4/h9-16,22H,8,17-18H2,1-7H3,(H,29,32)/t22-/m0/s1. The Morgan fingerprint density at radius 1 is 1.00 bits per heavy atom. The highest BCUT2D eigenvalue weighted by atomic mass is 35.5. The normalized spacial score (nSPS) is 12.7. The molecular formula is C27H37ClN2O3. The molecule has 0 saturated heterocycles. The zero-order valence-electron chi connectivity index (χ0n) is 20.9. The third-order valence-corrected chi connectivity index (χ3v) is 5.60. The van der Waals surface area contributed by atoms with Gasteiger partial charge in [-0.2, -0.15) is 0 Å². The van der Waals surface area contributed by atoms with Gasteiger partial charge in [0, 0.05) is 17.1 Å². The number of benzene rings is 2. The number of amides is 2. The molecule has 2 amide bonds. The molecule has 0 fully saturated rings. The van der Waals surface area contributed by atoms with Crippen LogP contribution >= 0.6 is 11.6 Å². The van der Waals surface area contributed by atoms with Crippen molar-refractivity contribution in [2.24, 2.45) is 0 Å². The van der Waals surface area contributed by atoms with E-state index in [0.29, 0.717) is 17.2 Å². The van der Waals surface area contributed by atoms with E-state index in [1.165, 1.54) is 0 Å². The van der Waals surface area contributed by atoms with Gasteiger partial charge >= 0.3 is 0 Å². The molecule has 0 bridgehead atoms. The molecule has 180 valence electrons. The Hall–Kier alpha value is -2.53. The van der Waals surface area contributed by atoms with Gasteiger partial charge in [0.2, 0.25) is 5.91 Å². The second-order valence-electron chi connectivity index (χ2n) is 10.3. The Balaban J connectivity index is 2.32. The summed E-state index contributed by atoms with van der Waals surface area (Å²) < 4.78 is 5.99. The van der Waals surface area contributed by atoms with Crippen molar-refractivity contribution in [1.82, 2.24) is 10.2 Å². The fourth-order valence-electron chi connectivity index (χ4n) is 3.62. The van der Waals surface area contributed by atoms with Crippen molar-refractivity contribution >= 4 is 23.4 Å². The van der Waals surface area contributed by atoms with Crippen LogP contribution in [0.1, 0.15) is 66.0 Å². The first-order valence-corrected chi connectivity index (χ1v) is 11.8. The molecule has 2 aromatic rings. The third-order valence-electron chi connectivity index (χ3n) is 5.23. The van der Waals surface area contributed by atoms with E-state index in [9.17, 15) is 9.59 Å². The Morgan fingerprint density at radius 3 is 2.18 bits per heavy atom.